The number of hydrogen-bond donors (Lipinski definition) is 1. The second kappa shape index (κ2) is 11.4. The molecule has 1 unspecified atom stereocenters. The smallest absolute Gasteiger partial charge is 0.247 e. The van der Waals surface area contributed by atoms with Gasteiger partial charge in [-0.05, 0) is 35.1 Å². The molecule has 0 aliphatic carbocycles. The van der Waals surface area contributed by atoms with Gasteiger partial charge in [0.05, 0.1) is 6.42 Å². The van der Waals surface area contributed by atoms with Crippen LogP contribution in [0, 0.1) is 6.92 Å². The second-order valence-electron chi connectivity index (χ2n) is 8.28. The van der Waals surface area contributed by atoms with Crippen molar-refractivity contribution in [1.82, 2.24) is 10.2 Å². The fourth-order valence-electron chi connectivity index (χ4n) is 3.87. The van der Waals surface area contributed by atoms with E-state index < -0.39 is 6.04 Å². The molecule has 1 aromatic heterocycles. The Bertz CT molecular complexity index is 1190. The molecule has 4 aromatic rings. The van der Waals surface area contributed by atoms with E-state index in [4.69, 9.17) is 0 Å². The topological polar surface area (TPSA) is 49.4 Å². The minimum Gasteiger partial charge on any atom is -0.350 e. The number of nitrogens with one attached hydrogen (secondary N) is 1. The average molecular weight is 469 g/mol. The third-order valence-corrected chi connectivity index (χ3v) is 6.56. The molecule has 0 bridgehead atoms. The van der Waals surface area contributed by atoms with Gasteiger partial charge < -0.3 is 10.2 Å². The first-order valence-corrected chi connectivity index (χ1v) is 12.2. The number of aryl methyl sites for hydroxylation is 1. The first-order valence-electron chi connectivity index (χ1n) is 11.3. The fourth-order valence-corrected chi connectivity index (χ4v) is 4.56. The van der Waals surface area contributed by atoms with Gasteiger partial charge in [-0.2, -0.15) is 0 Å². The van der Waals surface area contributed by atoms with Crippen LogP contribution in [0.3, 0.4) is 0 Å². The Morgan fingerprint density at radius 1 is 0.824 bits per heavy atom. The number of hydrogen-bond acceptors (Lipinski definition) is 3. The third kappa shape index (κ3) is 6.21. The summed E-state index contributed by atoms with van der Waals surface area (Å²) in [6, 6.07) is 30.6. The van der Waals surface area contributed by atoms with Gasteiger partial charge >= 0.3 is 0 Å². The standard InChI is InChI=1S/C29H28N2O2S/c1-22-14-16-24(17-15-22)21-31(27(32)19-26-13-8-18-34-26)28(25-11-6-3-7-12-25)29(33)30-20-23-9-4-2-5-10-23/h2-18,28H,19-21H2,1H3,(H,30,33). The lowest BCUT2D eigenvalue weighted by Crippen LogP contribution is -2.43. The molecule has 0 radical (unpaired) electrons. The Kier molecular flexibility index (Phi) is 7.89. The average Bonchev–Trinajstić information content (AvgIpc) is 3.38. The summed E-state index contributed by atoms with van der Waals surface area (Å²) in [4.78, 5) is 29.9. The first kappa shape index (κ1) is 23.5. The van der Waals surface area contributed by atoms with Gasteiger partial charge in [0.1, 0.15) is 6.04 Å². The highest BCUT2D eigenvalue weighted by molar-refractivity contribution is 7.10. The first-order chi connectivity index (χ1) is 16.6. The molecule has 0 fully saturated rings. The van der Waals surface area contributed by atoms with Crippen molar-refractivity contribution in [2.24, 2.45) is 0 Å². The van der Waals surface area contributed by atoms with Crippen LogP contribution in [-0.4, -0.2) is 16.7 Å². The number of carbonyl (C=O) groups is 2. The van der Waals surface area contributed by atoms with Crippen LogP contribution >= 0.6 is 11.3 Å². The maximum atomic E-state index is 13.6. The van der Waals surface area contributed by atoms with Crippen LogP contribution in [0.2, 0.25) is 0 Å². The van der Waals surface area contributed by atoms with Crippen LogP contribution in [0.25, 0.3) is 0 Å². The van der Waals surface area contributed by atoms with Gasteiger partial charge in [-0.15, -0.1) is 11.3 Å². The zero-order valence-electron chi connectivity index (χ0n) is 19.2. The Morgan fingerprint density at radius 2 is 1.50 bits per heavy atom. The van der Waals surface area contributed by atoms with E-state index in [0.717, 1.165) is 27.1 Å². The minimum absolute atomic E-state index is 0.0771. The number of carbonyl (C=O) groups excluding carboxylic acids is 2. The predicted octanol–water partition coefficient (Wildman–Crippen LogP) is 5.69. The van der Waals surface area contributed by atoms with Crippen LogP contribution in [0.4, 0.5) is 0 Å². The van der Waals surface area contributed by atoms with E-state index in [0.29, 0.717) is 13.1 Å². The number of rotatable bonds is 9. The van der Waals surface area contributed by atoms with Crippen LogP contribution in [-0.2, 0) is 29.1 Å². The third-order valence-electron chi connectivity index (χ3n) is 5.68. The second-order valence-corrected chi connectivity index (χ2v) is 9.31. The monoisotopic (exact) mass is 468 g/mol. The molecule has 0 saturated heterocycles. The molecule has 0 spiro atoms. The minimum atomic E-state index is -0.737. The number of amides is 2. The largest absolute Gasteiger partial charge is 0.350 e. The van der Waals surface area contributed by atoms with Gasteiger partial charge in [0, 0.05) is 18.0 Å². The Balaban J connectivity index is 1.66. The molecule has 1 heterocycles. The summed E-state index contributed by atoms with van der Waals surface area (Å²) in [5, 5.41) is 5.02. The quantitative estimate of drug-likeness (QED) is 0.343. The maximum Gasteiger partial charge on any atom is 0.247 e. The molecule has 0 aliphatic rings. The molecule has 34 heavy (non-hydrogen) atoms. The molecule has 3 aromatic carbocycles. The maximum absolute atomic E-state index is 13.6. The van der Waals surface area contributed by atoms with Crippen LogP contribution < -0.4 is 5.32 Å². The molecule has 2 amide bonds. The van der Waals surface area contributed by atoms with Gasteiger partial charge in [-0.3, -0.25) is 9.59 Å². The lowest BCUT2D eigenvalue weighted by atomic mass is 10.0. The zero-order chi connectivity index (χ0) is 23.8. The lowest BCUT2D eigenvalue weighted by molar-refractivity contribution is -0.141. The van der Waals surface area contributed by atoms with Gasteiger partial charge in [-0.1, -0.05) is 96.6 Å². The van der Waals surface area contributed by atoms with E-state index in [2.05, 4.69) is 5.32 Å². The van der Waals surface area contributed by atoms with Crippen molar-refractivity contribution in [3.63, 3.8) is 0 Å². The van der Waals surface area contributed by atoms with Crippen molar-refractivity contribution >= 4 is 23.2 Å². The van der Waals surface area contributed by atoms with Crippen molar-refractivity contribution in [2.45, 2.75) is 32.5 Å². The summed E-state index contributed by atoms with van der Waals surface area (Å²) in [7, 11) is 0. The highest BCUT2D eigenvalue weighted by Crippen LogP contribution is 2.26. The number of benzene rings is 3. The molecule has 1 atom stereocenters. The molecule has 0 aliphatic heterocycles. The molecule has 172 valence electrons. The highest BCUT2D eigenvalue weighted by atomic mass is 32.1. The molecular formula is C29H28N2O2S. The van der Waals surface area contributed by atoms with E-state index in [9.17, 15) is 9.59 Å². The van der Waals surface area contributed by atoms with E-state index in [1.54, 1.807) is 16.2 Å². The van der Waals surface area contributed by atoms with Crippen LogP contribution in [0.1, 0.15) is 33.2 Å². The van der Waals surface area contributed by atoms with Gasteiger partial charge in [0.15, 0.2) is 0 Å². The van der Waals surface area contributed by atoms with Crippen molar-refractivity contribution in [3.05, 3.63) is 130 Å². The highest BCUT2D eigenvalue weighted by Gasteiger charge is 2.31. The normalized spacial score (nSPS) is 11.6. The van der Waals surface area contributed by atoms with E-state index >= 15 is 0 Å². The van der Waals surface area contributed by atoms with E-state index in [1.807, 2.05) is 109 Å². The molecular weight excluding hydrogens is 440 g/mol. The SMILES string of the molecule is Cc1ccc(CN(C(=O)Cc2cccs2)C(C(=O)NCc2ccccc2)c2ccccc2)cc1. The number of nitrogens with zero attached hydrogens (tertiary/aromatic N) is 1. The van der Waals surface area contributed by atoms with Crippen molar-refractivity contribution in [1.29, 1.82) is 0 Å². The molecule has 4 rings (SSSR count). The van der Waals surface area contributed by atoms with E-state index in [-0.39, 0.29) is 18.2 Å². The summed E-state index contributed by atoms with van der Waals surface area (Å²) < 4.78 is 0. The molecule has 5 heteroatoms. The van der Waals surface area contributed by atoms with Crippen LogP contribution in [0.5, 0.6) is 0 Å². The molecule has 1 N–H and O–H groups in total. The number of thiophene rings is 1. The van der Waals surface area contributed by atoms with Crippen LogP contribution in [0.15, 0.2) is 102 Å². The van der Waals surface area contributed by atoms with Gasteiger partial charge in [0.25, 0.3) is 0 Å². The summed E-state index contributed by atoms with van der Waals surface area (Å²) in [6.07, 6.45) is 0.263. The predicted molar refractivity (Wildman–Crippen MR) is 137 cm³/mol. The fraction of sp³-hybridized carbons (Fsp3) is 0.172. The zero-order valence-corrected chi connectivity index (χ0v) is 20.0. The summed E-state index contributed by atoms with van der Waals surface area (Å²) in [5.41, 5.74) is 3.94. The molecule has 0 saturated carbocycles. The van der Waals surface area contributed by atoms with Gasteiger partial charge in [-0.25, -0.2) is 0 Å². The Morgan fingerprint density at radius 3 is 2.15 bits per heavy atom. The van der Waals surface area contributed by atoms with E-state index in [1.165, 1.54) is 0 Å². The summed E-state index contributed by atoms with van der Waals surface area (Å²) >= 11 is 1.55. The summed E-state index contributed by atoms with van der Waals surface area (Å²) in [6.45, 7) is 2.79. The van der Waals surface area contributed by atoms with Crippen molar-refractivity contribution in [2.75, 3.05) is 0 Å². The Hall–Kier alpha value is -3.70. The van der Waals surface area contributed by atoms with Crippen molar-refractivity contribution < 1.29 is 9.59 Å². The Labute approximate surface area is 204 Å². The summed E-state index contributed by atoms with van der Waals surface area (Å²) in [5.74, 6) is -0.270. The van der Waals surface area contributed by atoms with Crippen molar-refractivity contribution in [3.8, 4) is 0 Å². The molecule has 4 nitrogen and oxygen atoms in total. The van der Waals surface area contributed by atoms with Gasteiger partial charge in [0.2, 0.25) is 11.8 Å². The lowest BCUT2D eigenvalue weighted by Gasteiger charge is -2.31.